The number of allylic oxidation sites excluding steroid dienone is 2. The first kappa shape index (κ1) is 17.9. The predicted molar refractivity (Wildman–Crippen MR) is 81.0 cm³/mol. The SMILES string of the molecule is C=CC(N)C/C=C1\C[C@@H](O)N([C@H]2C=CC(C(F)(F)F)=CC2)C1O. The van der Waals surface area contributed by atoms with Crippen LogP contribution in [0, 0.1) is 0 Å². The van der Waals surface area contributed by atoms with Crippen molar-refractivity contribution in [2.24, 2.45) is 5.73 Å². The van der Waals surface area contributed by atoms with E-state index in [1.807, 2.05) is 0 Å². The Bertz CT molecular complexity index is 540. The molecule has 2 aliphatic rings. The first-order valence-corrected chi connectivity index (χ1v) is 7.40. The highest BCUT2D eigenvalue weighted by molar-refractivity contribution is 5.30. The van der Waals surface area contributed by atoms with Gasteiger partial charge in [-0.05, 0) is 18.4 Å². The van der Waals surface area contributed by atoms with Crippen molar-refractivity contribution in [3.05, 3.63) is 48.1 Å². The van der Waals surface area contributed by atoms with Crippen molar-refractivity contribution in [3.8, 4) is 0 Å². The van der Waals surface area contributed by atoms with Crippen molar-refractivity contribution in [3.63, 3.8) is 0 Å². The molecule has 4 atom stereocenters. The molecule has 4 N–H and O–H groups in total. The van der Waals surface area contributed by atoms with Crippen molar-refractivity contribution in [2.45, 2.75) is 50.0 Å². The second-order valence-electron chi connectivity index (χ2n) is 5.74. The van der Waals surface area contributed by atoms with Crippen LogP contribution in [0.2, 0.25) is 0 Å². The van der Waals surface area contributed by atoms with E-state index in [0.29, 0.717) is 12.0 Å². The average molecular weight is 330 g/mol. The molecule has 128 valence electrons. The van der Waals surface area contributed by atoms with Gasteiger partial charge in [0.1, 0.15) is 12.5 Å². The van der Waals surface area contributed by atoms with Crippen molar-refractivity contribution >= 4 is 0 Å². The Balaban J connectivity index is 2.06. The monoisotopic (exact) mass is 330 g/mol. The molecule has 2 unspecified atom stereocenters. The van der Waals surface area contributed by atoms with E-state index in [1.54, 1.807) is 12.2 Å². The lowest BCUT2D eigenvalue weighted by atomic mass is 10.0. The van der Waals surface area contributed by atoms with Crippen molar-refractivity contribution in [1.29, 1.82) is 0 Å². The molecule has 7 heteroatoms. The van der Waals surface area contributed by atoms with Gasteiger partial charge in [0, 0.05) is 18.5 Å². The molecule has 1 heterocycles. The molecule has 1 saturated heterocycles. The van der Waals surface area contributed by atoms with Crippen LogP contribution >= 0.6 is 0 Å². The van der Waals surface area contributed by atoms with E-state index >= 15 is 0 Å². The van der Waals surface area contributed by atoms with Gasteiger partial charge < -0.3 is 15.9 Å². The molecule has 0 aromatic heterocycles. The Morgan fingerprint density at radius 3 is 2.65 bits per heavy atom. The van der Waals surface area contributed by atoms with Gasteiger partial charge in [0.05, 0.1) is 5.57 Å². The number of aliphatic hydroxyl groups is 2. The van der Waals surface area contributed by atoms with Crippen LogP contribution in [0.1, 0.15) is 19.3 Å². The highest BCUT2D eigenvalue weighted by Gasteiger charge is 2.40. The molecule has 0 radical (unpaired) electrons. The highest BCUT2D eigenvalue weighted by atomic mass is 19.4. The zero-order chi connectivity index (χ0) is 17.2. The van der Waals surface area contributed by atoms with E-state index in [4.69, 9.17) is 5.73 Å². The topological polar surface area (TPSA) is 69.7 Å². The first-order valence-electron chi connectivity index (χ1n) is 7.40. The second kappa shape index (κ2) is 7.00. The van der Waals surface area contributed by atoms with E-state index in [-0.39, 0.29) is 18.9 Å². The summed E-state index contributed by atoms with van der Waals surface area (Å²) in [5, 5.41) is 20.5. The molecule has 1 aliphatic carbocycles. The zero-order valence-corrected chi connectivity index (χ0v) is 12.6. The minimum absolute atomic E-state index is 0.0823. The van der Waals surface area contributed by atoms with Gasteiger partial charge in [-0.2, -0.15) is 13.2 Å². The van der Waals surface area contributed by atoms with Gasteiger partial charge in [0.25, 0.3) is 0 Å². The van der Waals surface area contributed by atoms with E-state index in [0.717, 1.165) is 12.2 Å². The van der Waals surface area contributed by atoms with Crippen LogP contribution in [0.3, 0.4) is 0 Å². The molecule has 1 fully saturated rings. The maximum Gasteiger partial charge on any atom is 0.416 e. The normalized spacial score (nSPS) is 32.2. The molecule has 0 amide bonds. The fourth-order valence-electron chi connectivity index (χ4n) is 2.79. The standard InChI is InChI=1S/C16H21F3N2O2/c1-2-12(20)6-3-10-9-14(22)21(15(10)23)13-7-4-11(5-8-13)16(17,18)19/h2-5,7,12-15,22-23H,1,6,8-9,20H2/b10-3+/t12?,13-,14+,15?/m0/s1. The van der Waals surface area contributed by atoms with Crippen molar-refractivity contribution in [1.82, 2.24) is 4.90 Å². The van der Waals surface area contributed by atoms with E-state index in [2.05, 4.69) is 6.58 Å². The van der Waals surface area contributed by atoms with Gasteiger partial charge in [-0.25, -0.2) is 4.90 Å². The number of halogens is 3. The number of likely N-dealkylation sites (tertiary alicyclic amines) is 1. The largest absolute Gasteiger partial charge is 0.416 e. The van der Waals surface area contributed by atoms with Gasteiger partial charge in [0.15, 0.2) is 0 Å². The number of nitrogens with zero attached hydrogens (tertiary/aromatic N) is 1. The van der Waals surface area contributed by atoms with Crippen LogP contribution in [0.5, 0.6) is 0 Å². The minimum Gasteiger partial charge on any atom is -0.378 e. The summed E-state index contributed by atoms with van der Waals surface area (Å²) in [7, 11) is 0. The Morgan fingerprint density at radius 1 is 1.43 bits per heavy atom. The molecular weight excluding hydrogens is 309 g/mol. The average Bonchev–Trinajstić information content (AvgIpc) is 2.78. The Morgan fingerprint density at radius 2 is 2.13 bits per heavy atom. The lowest BCUT2D eigenvalue weighted by Crippen LogP contribution is -2.44. The second-order valence-corrected chi connectivity index (χ2v) is 5.74. The van der Waals surface area contributed by atoms with Crippen molar-refractivity contribution in [2.75, 3.05) is 0 Å². The molecule has 4 nitrogen and oxygen atoms in total. The molecule has 0 saturated carbocycles. The summed E-state index contributed by atoms with van der Waals surface area (Å²) in [5.41, 5.74) is 5.63. The quantitative estimate of drug-likeness (QED) is 0.690. The van der Waals surface area contributed by atoms with Gasteiger partial charge in [0.2, 0.25) is 0 Å². The number of nitrogens with two attached hydrogens (primary N) is 1. The molecule has 0 bridgehead atoms. The van der Waals surface area contributed by atoms with Gasteiger partial charge in [-0.3, -0.25) is 0 Å². The van der Waals surface area contributed by atoms with Crippen LogP contribution in [0.4, 0.5) is 13.2 Å². The Kier molecular flexibility index (Phi) is 5.46. The number of rotatable bonds is 4. The summed E-state index contributed by atoms with van der Waals surface area (Å²) >= 11 is 0. The van der Waals surface area contributed by atoms with Crippen LogP contribution in [-0.4, -0.2) is 45.8 Å². The number of hydrogen-bond donors (Lipinski definition) is 3. The predicted octanol–water partition coefficient (Wildman–Crippen LogP) is 1.98. The molecule has 1 aliphatic heterocycles. The lowest BCUT2D eigenvalue weighted by molar-refractivity contribution is -0.0897. The molecule has 0 aromatic rings. The third-order valence-corrected chi connectivity index (χ3v) is 4.12. The van der Waals surface area contributed by atoms with Crippen molar-refractivity contribution < 1.29 is 23.4 Å². The van der Waals surface area contributed by atoms with E-state index in [9.17, 15) is 23.4 Å². The number of hydrogen-bond acceptors (Lipinski definition) is 4. The van der Waals surface area contributed by atoms with Gasteiger partial charge in [-0.15, -0.1) is 6.58 Å². The summed E-state index contributed by atoms with van der Waals surface area (Å²) in [6.07, 6.45) is 1.23. The maximum absolute atomic E-state index is 12.6. The van der Waals surface area contributed by atoms with Gasteiger partial charge >= 0.3 is 6.18 Å². The minimum atomic E-state index is -4.38. The maximum atomic E-state index is 12.6. The third-order valence-electron chi connectivity index (χ3n) is 4.12. The van der Waals surface area contributed by atoms with Crippen LogP contribution < -0.4 is 5.73 Å². The fraction of sp³-hybridized carbons (Fsp3) is 0.500. The smallest absolute Gasteiger partial charge is 0.378 e. The highest BCUT2D eigenvalue weighted by Crippen LogP contribution is 2.35. The molecule has 2 rings (SSSR count). The van der Waals surface area contributed by atoms with Crippen LogP contribution in [0.25, 0.3) is 0 Å². The number of aliphatic hydroxyl groups excluding tert-OH is 2. The summed E-state index contributed by atoms with van der Waals surface area (Å²) in [4.78, 5) is 1.41. The zero-order valence-electron chi connectivity index (χ0n) is 12.6. The first-order chi connectivity index (χ1) is 10.7. The molecular formula is C16H21F3N2O2. The third kappa shape index (κ3) is 4.11. The number of alkyl halides is 3. The molecule has 23 heavy (non-hydrogen) atoms. The van der Waals surface area contributed by atoms with Crippen LogP contribution in [0.15, 0.2) is 48.1 Å². The fourth-order valence-corrected chi connectivity index (χ4v) is 2.79. The summed E-state index contributed by atoms with van der Waals surface area (Å²) in [6, 6.07) is -0.724. The summed E-state index contributed by atoms with van der Waals surface area (Å²) in [5.74, 6) is 0. The summed E-state index contributed by atoms with van der Waals surface area (Å²) < 4.78 is 37.8. The van der Waals surface area contributed by atoms with Crippen LogP contribution in [-0.2, 0) is 0 Å². The van der Waals surface area contributed by atoms with E-state index in [1.165, 1.54) is 11.0 Å². The van der Waals surface area contributed by atoms with E-state index < -0.39 is 30.2 Å². The van der Waals surface area contributed by atoms with Gasteiger partial charge in [-0.1, -0.05) is 30.4 Å². The molecule has 0 spiro atoms. The lowest BCUT2D eigenvalue weighted by Gasteiger charge is -2.32. The summed E-state index contributed by atoms with van der Waals surface area (Å²) in [6.45, 7) is 3.57. The Labute approximate surface area is 133 Å². The Hall–Kier alpha value is -1.41. The molecule has 0 aromatic carbocycles.